The summed E-state index contributed by atoms with van der Waals surface area (Å²) in [6.07, 6.45) is 8.47. The van der Waals surface area contributed by atoms with Crippen LogP contribution in [0.15, 0.2) is 29.1 Å². The Morgan fingerprint density at radius 2 is 2.11 bits per heavy atom. The van der Waals surface area contributed by atoms with Gasteiger partial charge in [-0.05, 0) is 13.3 Å². The Morgan fingerprint density at radius 3 is 2.61 bits per heavy atom. The number of nitrogens with zero attached hydrogens (tertiary/aromatic N) is 2. The molecule has 2 atom stereocenters. The molecule has 1 aromatic heterocycles. The van der Waals surface area contributed by atoms with Gasteiger partial charge >= 0.3 is 0 Å². The van der Waals surface area contributed by atoms with Crippen molar-refractivity contribution in [2.45, 2.75) is 31.8 Å². The Balaban J connectivity index is 2.63. The summed E-state index contributed by atoms with van der Waals surface area (Å²) >= 11 is 0. The molecule has 0 bridgehead atoms. The van der Waals surface area contributed by atoms with Crippen LogP contribution in [-0.4, -0.2) is 14.9 Å². The van der Waals surface area contributed by atoms with Crippen molar-refractivity contribution in [1.82, 2.24) is 9.36 Å². The van der Waals surface area contributed by atoms with Crippen LogP contribution in [0.3, 0.4) is 0 Å². The molecule has 0 radical (unpaired) electrons. The molecule has 2 unspecified atom stereocenters. The third-order valence-electron chi connectivity index (χ3n) is 3.87. The fraction of sp³-hybridized carbons (Fsp3) is 0.462. The third-order valence-corrected chi connectivity index (χ3v) is 3.87. The molecule has 0 amide bonds. The van der Waals surface area contributed by atoms with Crippen molar-refractivity contribution >= 4 is 5.69 Å². The molecule has 5 heteroatoms. The Morgan fingerprint density at radius 1 is 1.44 bits per heavy atom. The second-order valence-electron chi connectivity index (χ2n) is 4.83. The van der Waals surface area contributed by atoms with Crippen LogP contribution in [0.4, 0.5) is 5.69 Å². The van der Waals surface area contributed by atoms with Gasteiger partial charge in [0.15, 0.2) is 0 Å². The van der Waals surface area contributed by atoms with Gasteiger partial charge in [-0.25, -0.2) is 4.68 Å². The van der Waals surface area contributed by atoms with E-state index in [1.165, 1.54) is 0 Å². The maximum Gasteiger partial charge on any atom is 0.290 e. The van der Waals surface area contributed by atoms with Crippen LogP contribution in [0, 0.1) is 6.92 Å². The summed E-state index contributed by atoms with van der Waals surface area (Å²) in [6.45, 7) is 3.85. The molecule has 5 nitrogen and oxygen atoms in total. The predicted molar refractivity (Wildman–Crippen MR) is 73.3 cm³/mol. The Hall–Kier alpha value is -1.75. The minimum atomic E-state index is -0.552. The van der Waals surface area contributed by atoms with E-state index >= 15 is 0 Å². The highest BCUT2D eigenvalue weighted by Gasteiger charge is 2.34. The van der Waals surface area contributed by atoms with Crippen molar-refractivity contribution in [1.29, 1.82) is 0 Å². The zero-order valence-electron chi connectivity index (χ0n) is 11.1. The minimum Gasteiger partial charge on any atom is -0.393 e. The highest BCUT2D eigenvalue weighted by atomic mass is 16.1. The number of nitrogens with two attached hydrogens (primary N) is 2. The van der Waals surface area contributed by atoms with Gasteiger partial charge in [0.1, 0.15) is 5.69 Å². The number of anilines is 1. The van der Waals surface area contributed by atoms with Crippen molar-refractivity contribution in [3.05, 3.63) is 40.4 Å². The molecule has 1 aliphatic carbocycles. The van der Waals surface area contributed by atoms with Crippen molar-refractivity contribution in [2.75, 3.05) is 5.73 Å². The summed E-state index contributed by atoms with van der Waals surface area (Å²) in [5.41, 5.74) is 12.5. The molecule has 0 aliphatic heterocycles. The van der Waals surface area contributed by atoms with E-state index in [1.54, 1.807) is 9.36 Å². The lowest BCUT2D eigenvalue weighted by molar-refractivity contribution is 0.311. The van der Waals surface area contributed by atoms with Gasteiger partial charge in [-0.3, -0.25) is 9.48 Å². The molecule has 18 heavy (non-hydrogen) atoms. The first kappa shape index (κ1) is 12.7. The zero-order chi connectivity index (χ0) is 13.5. The first-order chi connectivity index (χ1) is 8.42. The highest BCUT2D eigenvalue weighted by molar-refractivity contribution is 5.41. The summed E-state index contributed by atoms with van der Waals surface area (Å²) in [6, 6.07) is -0.207. The average molecular weight is 248 g/mol. The average Bonchev–Trinajstić information content (AvgIpc) is 2.55. The van der Waals surface area contributed by atoms with Gasteiger partial charge in [-0.1, -0.05) is 31.2 Å². The molecule has 0 spiro atoms. The number of nitrogen functional groups attached to an aromatic ring is 1. The first-order valence-electron chi connectivity index (χ1n) is 6.11. The normalized spacial score (nSPS) is 26.8. The largest absolute Gasteiger partial charge is 0.393 e. The second kappa shape index (κ2) is 4.17. The van der Waals surface area contributed by atoms with Gasteiger partial charge in [0.2, 0.25) is 0 Å². The maximum atomic E-state index is 12.2. The van der Waals surface area contributed by atoms with Crippen LogP contribution in [0.1, 0.15) is 25.1 Å². The van der Waals surface area contributed by atoms with E-state index in [0.717, 1.165) is 12.1 Å². The molecule has 0 saturated carbocycles. The number of rotatable bonds is 2. The van der Waals surface area contributed by atoms with Crippen molar-refractivity contribution in [3.8, 4) is 0 Å². The van der Waals surface area contributed by atoms with Gasteiger partial charge in [-0.15, -0.1) is 0 Å². The molecular formula is C13H20N4O. The van der Waals surface area contributed by atoms with E-state index in [9.17, 15) is 4.79 Å². The van der Waals surface area contributed by atoms with Crippen LogP contribution in [-0.2, 0) is 7.05 Å². The van der Waals surface area contributed by atoms with E-state index in [4.69, 9.17) is 11.5 Å². The third kappa shape index (κ3) is 1.62. The lowest BCUT2D eigenvalue weighted by Gasteiger charge is -2.35. The first-order valence-corrected chi connectivity index (χ1v) is 6.11. The molecule has 2 rings (SSSR count). The quantitative estimate of drug-likeness (QED) is 0.814. The van der Waals surface area contributed by atoms with Crippen molar-refractivity contribution < 1.29 is 0 Å². The SMILES string of the molecule is CCC1(N)C=CC=CC1n1c(=O)c(N)c(C)n1C. The van der Waals surface area contributed by atoms with Gasteiger partial charge in [0.05, 0.1) is 17.3 Å². The summed E-state index contributed by atoms with van der Waals surface area (Å²) in [7, 11) is 1.83. The molecule has 0 aromatic carbocycles. The van der Waals surface area contributed by atoms with Crippen LogP contribution in [0.2, 0.25) is 0 Å². The van der Waals surface area contributed by atoms with Crippen LogP contribution < -0.4 is 17.0 Å². The Labute approximate surface area is 106 Å². The molecule has 1 aliphatic rings. The standard InChI is InChI=1S/C13H20N4O/c1-4-13(15)8-6-5-7-10(13)17-12(18)11(14)9(2)16(17)3/h5-8,10H,4,14-15H2,1-3H3. The van der Waals surface area contributed by atoms with Crippen LogP contribution in [0.25, 0.3) is 0 Å². The van der Waals surface area contributed by atoms with Gasteiger partial charge in [-0.2, -0.15) is 0 Å². The lowest BCUT2D eigenvalue weighted by Crippen LogP contribution is -2.49. The van der Waals surface area contributed by atoms with E-state index in [0.29, 0.717) is 5.69 Å². The van der Waals surface area contributed by atoms with E-state index < -0.39 is 5.54 Å². The number of hydrogen-bond donors (Lipinski definition) is 2. The van der Waals surface area contributed by atoms with Gasteiger partial charge in [0.25, 0.3) is 5.56 Å². The molecule has 1 aromatic rings. The Bertz CT molecular complexity index is 579. The van der Waals surface area contributed by atoms with Crippen LogP contribution in [0.5, 0.6) is 0 Å². The fourth-order valence-corrected chi connectivity index (χ4v) is 2.38. The number of hydrogen-bond acceptors (Lipinski definition) is 3. The monoisotopic (exact) mass is 248 g/mol. The van der Waals surface area contributed by atoms with Gasteiger partial charge in [0, 0.05) is 7.05 Å². The summed E-state index contributed by atoms with van der Waals surface area (Å²) in [5, 5.41) is 0. The molecule has 0 saturated heterocycles. The van der Waals surface area contributed by atoms with Crippen LogP contribution >= 0.6 is 0 Å². The smallest absolute Gasteiger partial charge is 0.290 e. The molecule has 1 heterocycles. The van der Waals surface area contributed by atoms with E-state index in [2.05, 4.69) is 0 Å². The highest BCUT2D eigenvalue weighted by Crippen LogP contribution is 2.29. The zero-order valence-corrected chi connectivity index (χ0v) is 11.1. The van der Waals surface area contributed by atoms with Crippen molar-refractivity contribution in [3.63, 3.8) is 0 Å². The summed E-state index contributed by atoms with van der Waals surface area (Å²) in [4.78, 5) is 12.2. The topological polar surface area (TPSA) is 79.0 Å². The molecule has 4 N–H and O–H groups in total. The lowest BCUT2D eigenvalue weighted by atomic mass is 9.85. The number of allylic oxidation sites excluding steroid dienone is 2. The predicted octanol–water partition coefficient (Wildman–Crippen LogP) is 0.852. The molecule has 98 valence electrons. The van der Waals surface area contributed by atoms with Gasteiger partial charge < -0.3 is 11.5 Å². The second-order valence-corrected chi connectivity index (χ2v) is 4.83. The molecule has 0 fully saturated rings. The maximum absolute atomic E-state index is 12.2. The Kier molecular flexibility index (Phi) is 2.94. The van der Waals surface area contributed by atoms with E-state index in [1.807, 2.05) is 45.2 Å². The molecular weight excluding hydrogens is 228 g/mol. The summed E-state index contributed by atoms with van der Waals surface area (Å²) < 4.78 is 3.41. The van der Waals surface area contributed by atoms with E-state index in [-0.39, 0.29) is 11.6 Å². The van der Waals surface area contributed by atoms with Crippen molar-refractivity contribution in [2.24, 2.45) is 12.8 Å². The number of aromatic nitrogens is 2. The minimum absolute atomic E-state index is 0.178. The summed E-state index contributed by atoms with van der Waals surface area (Å²) in [5.74, 6) is 0. The fourth-order valence-electron chi connectivity index (χ4n) is 2.38.